The van der Waals surface area contributed by atoms with Gasteiger partial charge in [0.25, 0.3) is 5.91 Å². The molecule has 0 bridgehead atoms. The van der Waals surface area contributed by atoms with Crippen LogP contribution >= 0.6 is 12.4 Å². The second-order valence-electron chi connectivity index (χ2n) is 5.67. The van der Waals surface area contributed by atoms with E-state index in [1.807, 2.05) is 0 Å². The number of amides is 1. The topological polar surface area (TPSA) is 115 Å². The van der Waals surface area contributed by atoms with Gasteiger partial charge in [0.05, 0.1) is 4.90 Å². The van der Waals surface area contributed by atoms with Crippen LogP contribution in [0, 0.1) is 19.8 Å². The van der Waals surface area contributed by atoms with Gasteiger partial charge in [-0.1, -0.05) is 0 Å². The molecule has 6 nitrogen and oxygen atoms in total. The summed E-state index contributed by atoms with van der Waals surface area (Å²) in [6.45, 7) is 3.80. The number of halogens is 1. The molecule has 0 aliphatic heterocycles. The van der Waals surface area contributed by atoms with E-state index in [2.05, 4.69) is 5.32 Å². The molecule has 2 rings (SSSR count). The number of aryl methyl sites for hydroxylation is 1. The number of nitrogens with two attached hydrogens (primary N) is 2. The van der Waals surface area contributed by atoms with Crippen LogP contribution in [-0.2, 0) is 10.0 Å². The Morgan fingerprint density at radius 3 is 2.45 bits per heavy atom. The smallest absolute Gasteiger partial charge is 0.251 e. The molecule has 0 spiro atoms. The average Bonchev–Trinajstić information content (AvgIpc) is 3.21. The fraction of sp³-hybridized carbons (Fsp3) is 0.500. The van der Waals surface area contributed by atoms with E-state index in [9.17, 15) is 13.2 Å². The van der Waals surface area contributed by atoms with Crippen LogP contribution in [0.25, 0.3) is 0 Å². The van der Waals surface area contributed by atoms with Crippen molar-refractivity contribution in [2.45, 2.75) is 37.6 Å². The van der Waals surface area contributed by atoms with Crippen LogP contribution in [0.5, 0.6) is 0 Å². The van der Waals surface area contributed by atoms with E-state index in [-0.39, 0.29) is 34.8 Å². The number of benzene rings is 1. The monoisotopic (exact) mass is 347 g/mol. The number of sulfonamides is 1. The highest BCUT2D eigenvalue weighted by molar-refractivity contribution is 7.89. The maximum absolute atomic E-state index is 12.1. The van der Waals surface area contributed by atoms with Crippen LogP contribution in [0.2, 0.25) is 0 Å². The van der Waals surface area contributed by atoms with Gasteiger partial charge in [0.2, 0.25) is 10.0 Å². The Morgan fingerprint density at radius 1 is 1.36 bits per heavy atom. The third-order valence-corrected chi connectivity index (χ3v) is 4.95. The minimum Gasteiger partial charge on any atom is -0.350 e. The third kappa shape index (κ3) is 4.42. The Hall–Kier alpha value is -1.15. The summed E-state index contributed by atoms with van der Waals surface area (Å²) in [5.74, 6) is 0.157. The van der Waals surface area contributed by atoms with Crippen LogP contribution in [0.4, 0.5) is 0 Å². The number of primary sulfonamides is 1. The van der Waals surface area contributed by atoms with Gasteiger partial charge >= 0.3 is 0 Å². The predicted molar refractivity (Wildman–Crippen MR) is 87.6 cm³/mol. The molecular formula is C14H22ClN3O3S. The van der Waals surface area contributed by atoms with Crippen LogP contribution in [0.1, 0.15) is 34.3 Å². The molecule has 124 valence electrons. The van der Waals surface area contributed by atoms with Crippen molar-refractivity contribution in [1.82, 2.24) is 5.32 Å². The van der Waals surface area contributed by atoms with Crippen molar-refractivity contribution < 1.29 is 13.2 Å². The lowest BCUT2D eigenvalue weighted by Gasteiger charge is -2.13. The van der Waals surface area contributed by atoms with E-state index in [1.54, 1.807) is 19.9 Å². The Kier molecular flexibility index (Phi) is 5.97. The number of rotatable bonds is 5. The Bertz CT molecular complexity index is 672. The van der Waals surface area contributed by atoms with Gasteiger partial charge < -0.3 is 11.1 Å². The Balaban J connectivity index is 0.00000242. The molecule has 8 heteroatoms. The molecule has 1 atom stereocenters. The molecule has 1 fully saturated rings. The summed E-state index contributed by atoms with van der Waals surface area (Å²) >= 11 is 0. The van der Waals surface area contributed by atoms with Crippen LogP contribution in [-0.4, -0.2) is 26.9 Å². The van der Waals surface area contributed by atoms with Crippen molar-refractivity contribution in [3.8, 4) is 0 Å². The summed E-state index contributed by atoms with van der Waals surface area (Å²) in [4.78, 5) is 12.1. The van der Waals surface area contributed by atoms with Crippen molar-refractivity contribution in [1.29, 1.82) is 0 Å². The fourth-order valence-electron chi connectivity index (χ4n) is 2.26. The molecule has 0 saturated heterocycles. The van der Waals surface area contributed by atoms with Gasteiger partial charge in [-0.3, -0.25) is 4.79 Å². The highest BCUT2D eigenvalue weighted by Gasteiger charge is 2.28. The van der Waals surface area contributed by atoms with Gasteiger partial charge in [0.1, 0.15) is 0 Å². The zero-order chi connectivity index (χ0) is 15.8. The molecule has 1 aliphatic rings. The van der Waals surface area contributed by atoms with Crippen molar-refractivity contribution in [2.75, 3.05) is 6.54 Å². The van der Waals surface area contributed by atoms with Crippen LogP contribution < -0.4 is 16.2 Å². The zero-order valence-corrected chi connectivity index (χ0v) is 14.3. The van der Waals surface area contributed by atoms with Gasteiger partial charge in [0.15, 0.2) is 0 Å². The van der Waals surface area contributed by atoms with Gasteiger partial charge in [-0.25, -0.2) is 13.6 Å². The molecular weight excluding hydrogens is 326 g/mol. The maximum atomic E-state index is 12.1. The summed E-state index contributed by atoms with van der Waals surface area (Å²) in [6.07, 6.45) is 2.21. The summed E-state index contributed by atoms with van der Waals surface area (Å²) in [7, 11) is -3.85. The third-order valence-electron chi connectivity index (χ3n) is 3.91. The number of hydrogen-bond acceptors (Lipinski definition) is 4. The summed E-state index contributed by atoms with van der Waals surface area (Å²) in [5.41, 5.74) is 7.48. The van der Waals surface area contributed by atoms with Gasteiger partial charge in [-0.15, -0.1) is 12.4 Å². The van der Waals surface area contributed by atoms with E-state index in [1.165, 1.54) is 6.07 Å². The average molecular weight is 348 g/mol. The molecule has 1 amide bonds. The van der Waals surface area contributed by atoms with Gasteiger partial charge in [0, 0.05) is 18.2 Å². The first-order chi connectivity index (χ1) is 9.70. The predicted octanol–water partition coefficient (Wildman–Crippen LogP) is 0.840. The van der Waals surface area contributed by atoms with Crippen molar-refractivity contribution in [2.24, 2.45) is 16.8 Å². The van der Waals surface area contributed by atoms with E-state index in [0.717, 1.165) is 12.8 Å². The minimum atomic E-state index is -3.85. The summed E-state index contributed by atoms with van der Waals surface area (Å²) < 4.78 is 23.1. The Labute approximate surface area is 137 Å². The summed E-state index contributed by atoms with van der Waals surface area (Å²) in [5, 5.41) is 7.93. The van der Waals surface area contributed by atoms with Crippen LogP contribution in [0.3, 0.4) is 0 Å². The zero-order valence-electron chi connectivity index (χ0n) is 12.6. The highest BCUT2D eigenvalue weighted by Crippen LogP contribution is 2.31. The second kappa shape index (κ2) is 6.95. The summed E-state index contributed by atoms with van der Waals surface area (Å²) in [6, 6.07) is 2.93. The van der Waals surface area contributed by atoms with E-state index in [4.69, 9.17) is 10.9 Å². The van der Waals surface area contributed by atoms with Gasteiger partial charge in [-0.2, -0.15) is 0 Å². The molecule has 1 aromatic carbocycles. The molecule has 0 heterocycles. The fourth-order valence-corrected chi connectivity index (χ4v) is 3.14. The van der Waals surface area contributed by atoms with E-state index >= 15 is 0 Å². The van der Waals surface area contributed by atoms with Crippen molar-refractivity contribution in [3.63, 3.8) is 0 Å². The number of hydrogen-bond donors (Lipinski definition) is 3. The van der Waals surface area contributed by atoms with Crippen molar-refractivity contribution in [3.05, 3.63) is 28.8 Å². The molecule has 1 aliphatic carbocycles. The Morgan fingerprint density at radius 2 is 1.95 bits per heavy atom. The first kappa shape index (κ1) is 18.9. The second-order valence-corrected chi connectivity index (χ2v) is 7.20. The standard InChI is InChI=1S/C14H21N3O3S.ClH/c1-8-5-11(6-13(9(8)2)21(16,19)20)14(18)17-7-12(15)10-3-4-10;/h5-6,10,12H,3-4,7,15H2,1-2H3,(H,17,18)(H2,16,19,20);1H. The lowest BCUT2D eigenvalue weighted by molar-refractivity contribution is 0.0950. The van der Waals surface area contributed by atoms with E-state index < -0.39 is 10.0 Å². The largest absolute Gasteiger partial charge is 0.350 e. The normalized spacial score (nSPS) is 15.8. The first-order valence-corrected chi connectivity index (χ1v) is 8.42. The number of carbonyl (C=O) groups excluding carboxylic acids is 1. The maximum Gasteiger partial charge on any atom is 0.251 e. The van der Waals surface area contributed by atoms with Crippen LogP contribution in [0.15, 0.2) is 17.0 Å². The molecule has 0 aromatic heterocycles. The molecule has 1 unspecified atom stereocenters. The lowest BCUT2D eigenvalue weighted by atomic mass is 10.1. The van der Waals surface area contributed by atoms with E-state index in [0.29, 0.717) is 23.6 Å². The number of carbonyl (C=O) groups is 1. The first-order valence-electron chi connectivity index (χ1n) is 6.88. The number of nitrogens with one attached hydrogen (secondary N) is 1. The molecule has 22 heavy (non-hydrogen) atoms. The molecule has 0 radical (unpaired) electrons. The van der Waals surface area contributed by atoms with Crippen molar-refractivity contribution >= 4 is 28.3 Å². The molecule has 1 aromatic rings. The SMILES string of the molecule is Cc1cc(C(=O)NCC(N)C2CC2)cc(S(N)(=O)=O)c1C.Cl. The quantitative estimate of drug-likeness (QED) is 0.731. The van der Waals surface area contributed by atoms with Gasteiger partial charge in [-0.05, 0) is 55.9 Å². The minimum absolute atomic E-state index is 0. The molecule has 5 N–H and O–H groups in total. The highest BCUT2D eigenvalue weighted by atomic mass is 35.5. The molecule has 1 saturated carbocycles. The lowest BCUT2D eigenvalue weighted by Crippen LogP contribution is -2.38.